The van der Waals surface area contributed by atoms with E-state index in [0.29, 0.717) is 11.8 Å². The van der Waals surface area contributed by atoms with E-state index in [1.165, 1.54) is 0 Å². The molecular formula is C12H22N2O2. The molecule has 0 bridgehead atoms. The fourth-order valence-electron chi connectivity index (χ4n) is 2.70. The summed E-state index contributed by atoms with van der Waals surface area (Å²) >= 11 is 0. The molecule has 1 amide bonds. The van der Waals surface area contributed by atoms with Gasteiger partial charge < -0.3 is 14.5 Å². The van der Waals surface area contributed by atoms with Gasteiger partial charge in [-0.1, -0.05) is 0 Å². The van der Waals surface area contributed by atoms with Crippen molar-refractivity contribution in [3.05, 3.63) is 0 Å². The molecule has 0 radical (unpaired) electrons. The Morgan fingerprint density at radius 3 is 2.06 bits per heavy atom. The molecule has 0 aromatic carbocycles. The topological polar surface area (TPSA) is 32.8 Å². The number of carbonyl (C=O) groups is 1. The molecule has 2 atom stereocenters. The van der Waals surface area contributed by atoms with Crippen LogP contribution in [0, 0.1) is 11.8 Å². The number of carbonyl (C=O) groups excluding carboxylic acids is 1. The highest BCUT2D eigenvalue weighted by atomic mass is 16.6. The van der Waals surface area contributed by atoms with Crippen LogP contribution in [0.2, 0.25) is 0 Å². The molecule has 2 aliphatic heterocycles. The van der Waals surface area contributed by atoms with Gasteiger partial charge in [-0.25, -0.2) is 4.79 Å². The Labute approximate surface area is 97.5 Å². The zero-order valence-corrected chi connectivity index (χ0v) is 10.7. The van der Waals surface area contributed by atoms with E-state index in [1.807, 2.05) is 25.7 Å². The third-order valence-electron chi connectivity index (χ3n) is 3.32. The predicted molar refractivity (Wildman–Crippen MR) is 62.3 cm³/mol. The van der Waals surface area contributed by atoms with Gasteiger partial charge in [0.2, 0.25) is 0 Å². The average Bonchev–Trinajstić information content (AvgIpc) is 2.56. The van der Waals surface area contributed by atoms with E-state index in [-0.39, 0.29) is 11.7 Å². The lowest BCUT2D eigenvalue weighted by molar-refractivity contribution is 0.0276. The minimum atomic E-state index is -0.383. The number of ether oxygens (including phenoxy) is 1. The van der Waals surface area contributed by atoms with Gasteiger partial charge in [0.15, 0.2) is 0 Å². The third-order valence-corrected chi connectivity index (χ3v) is 3.32. The average molecular weight is 226 g/mol. The van der Waals surface area contributed by atoms with Gasteiger partial charge in [0.1, 0.15) is 5.60 Å². The van der Waals surface area contributed by atoms with E-state index in [0.717, 1.165) is 26.2 Å². The first-order valence-corrected chi connectivity index (χ1v) is 6.01. The monoisotopic (exact) mass is 226 g/mol. The van der Waals surface area contributed by atoms with E-state index >= 15 is 0 Å². The molecule has 16 heavy (non-hydrogen) atoms. The van der Waals surface area contributed by atoms with Crippen molar-refractivity contribution in [3.63, 3.8) is 0 Å². The van der Waals surface area contributed by atoms with Crippen LogP contribution >= 0.6 is 0 Å². The zero-order chi connectivity index (χ0) is 11.9. The summed E-state index contributed by atoms with van der Waals surface area (Å²) in [5.41, 5.74) is -0.383. The molecule has 0 aromatic rings. The van der Waals surface area contributed by atoms with Gasteiger partial charge in [-0.2, -0.15) is 0 Å². The van der Waals surface area contributed by atoms with Crippen LogP contribution in [0.1, 0.15) is 20.8 Å². The molecule has 2 saturated heterocycles. The molecule has 0 unspecified atom stereocenters. The van der Waals surface area contributed by atoms with Crippen LogP contribution in [0.4, 0.5) is 4.79 Å². The second-order valence-corrected chi connectivity index (χ2v) is 6.13. The number of amides is 1. The van der Waals surface area contributed by atoms with Gasteiger partial charge in [-0.05, 0) is 39.7 Å². The highest BCUT2D eigenvalue weighted by Gasteiger charge is 2.41. The number of hydrogen-bond acceptors (Lipinski definition) is 3. The van der Waals surface area contributed by atoms with Crippen LogP contribution in [0.15, 0.2) is 0 Å². The van der Waals surface area contributed by atoms with Crippen molar-refractivity contribution in [3.8, 4) is 0 Å². The fourth-order valence-corrected chi connectivity index (χ4v) is 2.70. The summed E-state index contributed by atoms with van der Waals surface area (Å²) in [5.74, 6) is 1.30. The van der Waals surface area contributed by atoms with Gasteiger partial charge in [0, 0.05) is 26.2 Å². The van der Waals surface area contributed by atoms with Crippen molar-refractivity contribution < 1.29 is 9.53 Å². The summed E-state index contributed by atoms with van der Waals surface area (Å²) in [6.45, 7) is 9.70. The molecule has 92 valence electrons. The Hall–Kier alpha value is -0.770. The molecule has 4 nitrogen and oxygen atoms in total. The maximum atomic E-state index is 11.9. The van der Waals surface area contributed by atoms with Crippen molar-refractivity contribution >= 4 is 6.09 Å². The van der Waals surface area contributed by atoms with E-state index in [1.54, 1.807) is 0 Å². The second-order valence-electron chi connectivity index (χ2n) is 6.13. The van der Waals surface area contributed by atoms with E-state index < -0.39 is 0 Å². The molecule has 0 aromatic heterocycles. The SMILES string of the molecule is CN1C[C@@H]2CN(C(=O)OC(C)(C)C)C[C@H]2C1. The van der Waals surface area contributed by atoms with Crippen LogP contribution in [0.3, 0.4) is 0 Å². The van der Waals surface area contributed by atoms with Gasteiger partial charge in [-0.15, -0.1) is 0 Å². The Morgan fingerprint density at radius 2 is 1.62 bits per heavy atom. The van der Waals surface area contributed by atoms with Crippen LogP contribution in [0.5, 0.6) is 0 Å². The maximum Gasteiger partial charge on any atom is 0.410 e. The van der Waals surface area contributed by atoms with Crippen LogP contribution < -0.4 is 0 Å². The molecule has 2 aliphatic rings. The van der Waals surface area contributed by atoms with E-state index in [4.69, 9.17) is 4.74 Å². The Morgan fingerprint density at radius 1 is 1.12 bits per heavy atom. The standard InChI is InChI=1S/C12H22N2O2/c1-12(2,3)16-11(15)14-7-9-5-13(4)6-10(9)8-14/h9-10H,5-8H2,1-4H3/t9-,10-/m1/s1. The Kier molecular flexibility index (Phi) is 2.86. The highest BCUT2D eigenvalue weighted by molar-refractivity contribution is 5.68. The summed E-state index contributed by atoms with van der Waals surface area (Å²) in [7, 11) is 2.15. The summed E-state index contributed by atoms with van der Waals surface area (Å²) in [4.78, 5) is 16.1. The molecule has 2 fully saturated rings. The maximum absolute atomic E-state index is 11.9. The Balaban J connectivity index is 1.88. The molecule has 4 heteroatoms. The van der Waals surface area contributed by atoms with Gasteiger partial charge in [-0.3, -0.25) is 0 Å². The lowest BCUT2D eigenvalue weighted by Gasteiger charge is -2.25. The molecule has 0 saturated carbocycles. The van der Waals surface area contributed by atoms with Crippen LogP contribution in [0.25, 0.3) is 0 Å². The van der Waals surface area contributed by atoms with Gasteiger partial charge in [0.25, 0.3) is 0 Å². The molecule has 2 heterocycles. The number of fused-ring (bicyclic) bond motifs is 1. The lowest BCUT2D eigenvalue weighted by atomic mass is 10.0. The number of nitrogens with zero attached hydrogens (tertiary/aromatic N) is 2. The Bertz CT molecular complexity index is 271. The molecule has 0 N–H and O–H groups in total. The summed E-state index contributed by atoms with van der Waals surface area (Å²) in [5, 5.41) is 0. The number of hydrogen-bond donors (Lipinski definition) is 0. The number of rotatable bonds is 0. The van der Waals surface area contributed by atoms with Gasteiger partial charge in [0.05, 0.1) is 0 Å². The van der Waals surface area contributed by atoms with Gasteiger partial charge >= 0.3 is 6.09 Å². The highest BCUT2D eigenvalue weighted by Crippen LogP contribution is 2.30. The first-order chi connectivity index (χ1) is 7.35. The first-order valence-electron chi connectivity index (χ1n) is 6.01. The van der Waals surface area contributed by atoms with Crippen molar-refractivity contribution in [2.75, 3.05) is 33.2 Å². The van der Waals surface area contributed by atoms with Crippen molar-refractivity contribution in [2.45, 2.75) is 26.4 Å². The second kappa shape index (κ2) is 3.91. The summed E-state index contributed by atoms with van der Waals surface area (Å²) in [6, 6.07) is 0. The predicted octanol–water partition coefficient (Wildman–Crippen LogP) is 1.41. The third kappa shape index (κ3) is 2.48. The van der Waals surface area contributed by atoms with E-state index in [9.17, 15) is 4.79 Å². The molecule has 0 spiro atoms. The minimum Gasteiger partial charge on any atom is -0.444 e. The van der Waals surface area contributed by atoms with Crippen LogP contribution in [-0.4, -0.2) is 54.7 Å². The van der Waals surface area contributed by atoms with Crippen molar-refractivity contribution in [2.24, 2.45) is 11.8 Å². The zero-order valence-electron chi connectivity index (χ0n) is 10.7. The quantitative estimate of drug-likeness (QED) is 0.626. The summed E-state index contributed by atoms with van der Waals surface area (Å²) < 4.78 is 5.39. The first kappa shape index (κ1) is 11.7. The fraction of sp³-hybridized carbons (Fsp3) is 0.917. The smallest absolute Gasteiger partial charge is 0.410 e. The van der Waals surface area contributed by atoms with Crippen molar-refractivity contribution in [1.82, 2.24) is 9.80 Å². The minimum absolute atomic E-state index is 0.149. The molecule has 0 aliphatic carbocycles. The molecule has 2 rings (SSSR count). The largest absolute Gasteiger partial charge is 0.444 e. The molecular weight excluding hydrogens is 204 g/mol. The van der Waals surface area contributed by atoms with E-state index in [2.05, 4.69) is 11.9 Å². The lowest BCUT2D eigenvalue weighted by Crippen LogP contribution is -2.37. The number of likely N-dealkylation sites (tertiary alicyclic amines) is 2. The summed E-state index contributed by atoms with van der Waals surface area (Å²) in [6.07, 6.45) is -0.149. The normalized spacial score (nSPS) is 30.6. The van der Waals surface area contributed by atoms with Crippen molar-refractivity contribution in [1.29, 1.82) is 0 Å². The van der Waals surface area contributed by atoms with Crippen LogP contribution in [-0.2, 0) is 4.74 Å².